The Morgan fingerprint density at radius 1 is 1.13 bits per heavy atom. The fourth-order valence-electron chi connectivity index (χ4n) is 1.57. The quantitative estimate of drug-likeness (QED) is 0.819. The van der Waals surface area contributed by atoms with E-state index in [2.05, 4.69) is 0 Å². The second-order valence-electron chi connectivity index (χ2n) is 3.54. The van der Waals surface area contributed by atoms with Crippen molar-refractivity contribution < 1.29 is 5.11 Å². The van der Waals surface area contributed by atoms with Gasteiger partial charge in [0.15, 0.2) is 0 Å². The highest BCUT2D eigenvalue weighted by Gasteiger charge is 2.04. The molecule has 1 atom stereocenters. The van der Waals surface area contributed by atoms with Crippen LogP contribution in [0.25, 0.3) is 10.8 Å². The topological polar surface area (TPSA) is 46.2 Å². The molecule has 3 N–H and O–H groups in total. The molecule has 2 aromatic carbocycles. The molecule has 0 aromatic heterocycles. The van der Waals surface area contributed by atoms with E-state index in [1.54, 1.807) is 0 Å². The van der Waals surface area contributed by atoms with Gasteiger partial charge >= 0.3 is 0 Å². The maximum Gasteiger partial charge on any atom is 0.0624 e. The smallest absolute Gasteiger partial charge is 0.0624 e. The van der Waals surface area contributed by atoms with Crippen LogP contribution in [0.2, 0.25) is 5.02 Å². The molecule has 0 spiro atoms. The monoisotopic (exact) mass is 221 g/mol. The van der Waals surface area contributed by atoms with E-state index < -0.39 is 0 Å². The van der Waals surface area contributed by atoms with Crippen LogP contribution in [-0.4, -0.2) is 11.7 Å². The molecule has 78 valence electrons. The largest absolute Gasteiger partial charge is 0.394 e. The Morgan fingerprint density at radius 2 is 1.80 bits per heavy atom. The summed E-state index contributed by atoms with van der Waals surface area (Å²) in [5, 5.41) is 11.8. The maximum atomic E-state index is 8.96. The number of rotatable bonds is 2. The standard InChI is InChI=1S/C12H12ClNO/c13-11-4-3-8-5-10(12(14)7-15)2-1-9(8)6-11/h1-6,12,15H,7,14H2. The van der Waals surface area contributed by atoms with Crippen LogP contribution in [0.4, 0.5) is 0 Å². The summed E-state index contributed by atoms with van der Waals surface area (Å²) in [4.78, 5) is 0. The summed E-state index contributed by atoms with van der Waals surface area (Å²) in [5.74, 6) is 0. The molecule has 2 nitrogen and oxygen atoms in total. The Hall–Kier alpha value is -1.09. The number of nitrogens with two attached hydrogens (primary N) is 1. The van der Waals surface area contributed by atoms with Gasteiger partial charge in [-0.2, -0.15) is 0 Å². The molecular weight excluding hydrogens is 210 g/mol. The molecule has 0 aliphatic heterocycles. The summed E-state index contributed by atoms with van der Waals surface area (Å²) in [6.07, 6.45) is 0. The number of halogens is 1. The zero-order valence-corrected chi connectivity index (χ0v) is 8.91. The Morgan fingerprint density at radius 3 is 2.53 bits per heavy atom. The van der Waals surface area contributed by atoms with Crippen molar-refractivity contribution in [2.24, 2.45) is 5.73 Å². The molecule has 1 unspecified atom stereocenters. The van der Waals surface area contributed by atoms with Gasteiger partial charge in [0.25, 0.3) is 0 Å². The van der Waals surface area contributed by atoms with Crippen LogP contribution in [0.15, 0.2) is 36.4 Å². The van der Waals surface area contributed by atoms with Crippen molar-refractivity contribution in [1.29, 1.82) is 0 Å². The van der Waals surface area contributed by atoms with Gasteiger partial charge in [0, 0.05) is 5.02 Å². The lowest BCUT2D eigenvalue weighted by molar-refractivity contribution is 0.268. The molecular formula is C12H12ClNO. The lowest BCUT2D eigenvalue weighted by Crippen LogP contribution is -2.14. The summed E-state index contributed by atoms with van der Waals surface area (Å²) in [7, 11) is 0. The highest BCUT2D eigenvalue weighted by Crippen LogP contribution is 2.22. The highest BCUT2D eigenvalue weighted by atomic mass is 35.5. The first-order chi connectivity index (χ1) is 7.20. The summed E-state index contributed by atoms with van der Waals surface area (Å²) in [6, 6.07) is 11.2. The van der Waals surface area contributed by atoms with Crippen molar-refractivity contribution in [2.75, 3.05) is 6.61 Å². The summed E-state index contributed by atoms with van der Waals surface area (Å²) >= 11 is 5.88. The molecule has 0 bridgehead atoms. The predicted octanol–water partition coefficient (Wildman–Crippen LogP) is 2.49. The van der Waals surface area contributed by atoms with E-state index >= 15 is 0 Å². The summed E-state index contributed by atoms with van der Waals surface area (Å²) in [6.45, 7) is -0.0426. The van der Waals surface area contributed by atoms with Crippen LogP contribution < -0.4 is 5.73 Å². The van der Waals surface area contributed by atoms with E-state index in [4.69, 9.17) is 22.4 Å². The second kappa shape index (κ2) is 4.19. The molecule has 0 aliphatic rings. The fourth-order valence-corrected chi connectivity index (χ4v) is 1.75. The first kappa shape index (κ1) is 10.4. The van der Waals surface area contributed by atoms with Gasteiger partial charge in [-0.1, -0.05) is 29.8 Å². The third kappa shape index (κ3) is 2.12. The van der Waals surface area contributed by atoms with Gasteiger partial charge in [-0.3, -0.25) is 0 Å². The number of fused-ring (bicyclic) bond motifs is 1. The maximum absolute atomic E-state index is 8.96. The minimum atomic E-state index is -0.315. The molecule has 0 saturated carbocycles. The summed E-state index contributed by atoms with van der Waals surface area (Å²) in [5.41, 5.74) is 6.68. The van der Waals surface area contributed by atoms with Gasteiger partial charge in [0.1, 0.15) is 0 Å². The van der Waals surface area contributed by atoms with Gasteiger partial charge in [-0.05, 0) is 34.5 Å². The van der Waals surface area contributed by atoms with Crippen LogP contribution in [0.5, 0.6) is 0 Å². The van der Waals surface area contributed by atoms with Gasteiger partial charge in [0.2, 0.25) is 0 Å². The average molecular weight is 222 g/mol. The normalized spacial score (nSPS) is 13.0. The van der Waals surface area contributed by atoms with E-state index in [1.807, 2.05) is 36.4 Å². The molecule has 0 saturated heterocycles. The highest BCUT2D eigenvalue weighted by molar-refractivity contribution is 6.31. The average Bonchev–Trinajstić information content (AvgIpc) is 2.27. The van der Waals surface area contributed by atoms with E-state index in [0.717, 1.165) is 21.4 Å². The Balaban J connectivity index is 2.52. The molecule has 15 heavy (non-hydrogen) atoms. The van der Waals surface area contributed by atoms with E-state index in [1.165, 1.54) is 0 Å². The molecule has 0 aliphatic carbocycles. The van der Waals surface area contributed by atoms with E-state index in [-0.39, 0.29) is 12.6 Å². The molecule has 2 aromatic rings. The Bertz CT molecular complexity index is 484. The third-order valence-corrected chi connectivity index (χ3v) is 2.69. The molecule has 0 fully saturated rings. The van der Waals surface area contributed by atoms with E-state index in [0.29, 0.717) is 0 Å². The Kier molecular flexibility index (Phi) is 2.91. The lowest BCUT2D eigenvalue weighted by atomic mass is 10.0. The van der Waals surface area contributed by atoms with Gasteiger partial charge in [-0.25, -0.2) is 0 Å². The van der Waals surface area contributed by atoms with Crippen LogP contribution >= 0.6 is 11.6 Å². The van der Waals surface area contributed by atoms with Gasteiger partial charge in [0.05, 0.1) is 12.6 Å². The zero-order valence-electron chi connectivity index (χ0n) is 8.15. The molecule has 2 rings (SSSR count). The predicted molar refractivity (Wildman–Crippen MR) is 63.0 cm³/mol. The SMILES string of the molecule is NC(CO)c1ccc2cc(Cl)ccc2c1. The lowest BCUT2D eigenvalue weighted by Gasteiger charge is -2.09. The minimum Gasteiger partial charge on any atom is -0.394 e. The zero-order chi connectivity index (χ0) is 10.8. The Labute approximate surface area is 93.3 Å². The number of benzene rings is 2. The van der Waals surface area contributed by atoms with Crippen LogP contribution in [0, 0.1) is 0 Å². The van der Waals surface area contributed by atoms with Crippen molar-refractivity contribution in [3.05, 3.63) is 47.0 Å². The number of hydrogen-bond acceptors (Lipinski definition) is 2. The molecule has 3 heteroatoms. The van der Waals surface area contributed by atoms with Crippen LogP contribution in [0.1, 0.15) is 11.6 Å². The molecule has 0 radical (unpaired) electrons. The fraction of sp³-hybridized carbons (Fsp3) is 0.167. The van der Waals surface area contributed by atoms with Crippen molar-refractivity contribution in [1.82, 2.24) is 0 Å². The molecule has 0 heterocycles. The first-order valence-electron chi connectivity index (χ1n) is 4.76. The van der Waals surface area contributed by atoms with Crippen molar-refractivity contribution in [3.63, 3.8) is 0 Å². The van der Waals surface area contributed by atoms with Gasteiger partial charge in [-0.15, -0.1) is 0 Å². The van der Waals surface area contributed by atoms with Crippen molar-refractivity contribution in [2.45, 2.75) is 6.04 Å². The second-order valence-corrected chi connectivity index (χ2v) is 3.98. The van der Waals surface area contributed by atoms with E-state index in [9.17, 15) is 0 Å². The van der Waals surface area contributed by atoms with Crippen molar-refractivity contribution in [3.8, 4) is 0 Å². The number of aliphatic hydroxyl groups excluding tert-OH is 1. The summed E-state index contributed by atoms with van der Waals surface area (Å²) < 4.78 is 0. The minimum absolute atomic E-state index is 0.0426. The van der Waals surface area contributed by atoms with Crippen LogP contribution in [-0.2, 0) is 0 Å². The van der Waals surface area contributed by atoms with Crippen molar-refractivity contribution >= 4 is 22.4 Å². The third-order valence-electron chi connectivity index (χ3n) is 2.45. The van der Waals surface area contributed by atoms with Crippen LogP contribution in [0.3, 0.4) is 0 Å². The van der Waals surface area contributed by atoms with Gasteiger partial charge < -0.3 is 10.8 Å². The first-order valence-corrected chi connectivity index (χ1v) is 5.14. The molecule has 0 amide bonds. The number of hydrogen-bond donors (Lipinski definition) is 2. The number of aliphatic hydroxyl groups is 1.